The first-order valence-electron chi connectivity index (χ1n) is 4.88. The number of hydrogen-bond donors (Lipinski definition) is 1. The largest absolute Gasteiger partial charge is 0.382 e. The van der Waals surface area contributed by atoms with Crippen molar-refractivity contribution in [3.05, 3.63) is 29.8 Å². The molecule has 1 aliphatic carbocycles. The molecule has 1 saturated carbocycles. The lowest BCUT2D eigenvalue weighted by atomic mass is 9.81. The van der Waals surface area contributed by atoms with E-state index >= 15 is 0 Å². The average Bonchev–Trinajstić information content (AvgIpc) is 2.10. The van der Waals surface area contributed by atoms with Crippen LogP contribution in [-0.2, 0) is 0 Å². The number of hydrogen-bond acceptors (Lipinski definition) is 1. The Morgan fingerprint density at radius 3 is 2.21 bits per heavy atom. The summed E-state index contributed by atoms with van der Waals surface area (Å²) in [6.07, 6.45) is 2.27. The smallest absolute Gasteiger partial charge is 0.128 e. The first kappa shape index (κ1) is 9.44. The van der Waals surface area contributed by atoms with Gasteiger partial charge in [-0.2, -0.15) is 0 Å². The Morgan fingerprint density at radius 2 is 1.79 bits per heavy atom. The van der Waals surface area contributed by atoms with E-state index in [9.17, 15) is 8.78 Å². The third-order valence-corrected chi connectivity index (χ3v) is 2.83. The van der Waals surface area contributed by atoms with Crippen LogP contribution in [0.15, 0.2) is 18.2 Å². The summed E-state index contributed by atoms with van der Waals surface area (Å²) in [5.41, 5.74) is 0.541. The van der Waals surface area contributed by atoms with Crippen molar-refractivity contribution >= 4 is 5.69 Å². The number of benzene rings is 1. The molecule has 0 spiro atoms. The normalized spacial score (nSPS) is 25.6. The highest BCUT2D eigenvalue weighted by molar-refractivity contribution is 5.45. The topological polar surface area (TPSA) is 12.0 Å². The Kier molecular flexibility index (Phi) is 2.40. The van der Waals surface area contributed by atoms with Crippen LogP contribution in [0.3, 0.4) is 0 Å². The van der Waals surface area contributed by atoms with E-state index in [1.807, 2.05) is 0 Å². The minimum Gasteiger partial charge on any atom is -0.382 e. The highest BCUT2D eigenvalue weighted by Crippen LogP contribution is 2.30. The molecule has 76 valence electrons. The molecule has 2 atom stereocenters. The first-order valence-corrected chi connectivity index (χ1v) is 4.88. The molecule has 2 rings (SSSR count). The van der Waals surface area contributed by atoms with E-state index in [2.05, 4.69) is 12.2 Å². The molecule has 1 aromatic rings. The van der Waals surface area contributed by atoms with Crippen LogP contribution in [0.2, 0.25) is 0 Å². The lowest BCUT2D eigenvalue weighted by Crippen LogP contribution is -2.36. The molecular formula is C11H13F2N. The standard InChI is InChI=1S/C11H13F2N/c1-7-2-3-11(7)14-10-5-8(12)4-9(13)6-10/h4-7,11,14H,2-3H2,1H3. The van der Waals surface area contributed by atoms with E-state index in [4.69, 9.17) is 0 Å². The highest BCUT2D eigenvalue weighted by atomic mass is 19.1. The summed E-state index contributed by atoms with van der Waals surface area (Å²) in [5, 5.41) is 3.13. The Balaban J connectivity index is 2.08. The van der Waals surface area contributed by atoms with Crippen molar-refractivity contribution in [2.24, 2.45) is 5.92 Å². The molecule has 0 bridgehead atoms. The fourth-order valence-corrected chi connectivity index (χ4v) is 1.73. The van der Waals surface area contributed by atoms with Crippen molar-refractivity contribution in [2.45, 2.75) is 25.8 Å². The maximum Gasteiger partial charge on any atom is 0.128 e. The summed E-state index contributed by atoms with van der Waals surface area (Å²) in [5.74, 6) is -0.458. The van der Waals surface area contributed by atoms with Gasteiger partial charge < -0.3 is 5.32 Å². The van der Waals surface area contributed by atoms with Gasteiger partial charge in [-0.05, 0) is 30.9 Å². The Morgan fingerprint density at radius 1 is 1.14 bits per heavy atom. The van der Waals surface area contributed by atoms with Gasteiger partial charge in [0.2, 0.25) is 0 Å². The van der Waals surface area contributed by atoms with E-state index in [0.717, 1.165) is 12.5 Å². The number of halogens is 2. The molecule has 0 saturated heterocycles. The van der Waals surface area contributed by atoms with Crippen LogP contribution in [0.1, 0.15) is 19.8 Å². The molecule has 0 radical (unpaired) electrons. The zero-order chi connectivity index (χ0) is 10.1. The Hall–Kier alpha value is -1.12. The summed E-state index contributed by atoms with van der Waals surface area (Å²) in [4.78, 5) is 0. The molecule has 1 N–H and O–H groups in total. The zero-order valence-corrected chi connectivity index (χ0v) is 8.06. The minimum absolute atomic E-state index is 0.371. The minimum atomic E-state index is -0.528. The summed E-state index contributed by atoms with van der Waals surface area (Å²) in [6.45, 7) is 2.14. The predicted molar refractivity (Wildman–Crippen MR) is 52.2 cm³/mol. The van der Waals surface area contributed by atoms with Crippen molar-refractivity contribution in [1.29, 1.82) is 0 Å². The van der Waals surface area contributed by atoms with Gasteiger partial charge in [0, 0.05) is 17.8 Å². The van der Waals surface area contributed by atoms with Crippen molar-refractivity contribution in [1.82, 2.24) is 0 Å². The molecule has 0 aliphatic heterocycles. The maximum atomic E-state index is 12.8. The van der Waals surface area contributed by atoms with Crippen LogP contribution in [0.4, 0.5) is 14.5 Å². The number of nitrogens with one attached hydrogen (secondary N) is 1. The lowest BCUT2D eigenvalue weighted by Gasteiger charge is -2.35. The van der Waals surface area contributed by atoms with Crippen LogP contribution in [0.25, 0.3) is 0 Å². The predicted octanol–water partition coefficient (Wildman–Crippen LogP) is 3.18. The van der Waals surface area contributed by atoms with Crippen LogP contribution in [0, 0.1) is 17.6 Å². The highest BCUT2D eigenvalue weighted by Gasteiger charge is 2.26. The van der Waals surface area contributed by atoms with E-state index in [-0.39, 0.29) is 0 Å². The molecule has 0 heterocycles. The molecular weight excluding hydrogens is 184 g/mol. The molecule has 3 heteroatoms. The maximum absolute atomic E-state index is 12.8. The fraction of sp³-hybridized carbons (Fsp3) is 0.455. The fourth-order valence-electron chi connectivity index (χ4n) is 1.73. The van der Waals surface area contributed by atoms with Crippen molar-refractivity contribution < 1.29 is 8.78 Å². The molecule has 1 fully saturated rings. The third kappa shape index (κ3) is 1.86. The zero-order valence-electron chi connectivity index (χ0n) is 8.06. The van der Waals surface area contributed by atoms with Crippen LogP contribution in [0.5, 0.6) is 0 Å². The monoisotopic (exact) mass is 197 g/mol. The van der Waals surface area contributed by atoms with Gasteiger partial charge in [-0.3, -0.25) is 0 Å². The summed E-state index contributed by atoms with van der Waals surface area (Å²) < 4.78 is 25.6. The van der Waals surface area contributed by atoms with Crippen molar-refractivity contribution in [3.63, 3.8) is 0 Å². The molecule has 0 aromatic heterocycles. The van der Waals surface area contributed by atoms with E-state index in [1.54, 1.807) is 0 Å². The van der Waals surface area contributed by atoms with Gasteiger partial charge in [0.15, 0.2) is 0 Å². The van der Waals surface area contributed by atoms with E-state index < -0.39 is 11.6 Å². The van der Waals surface area contributed by atoms with Gasteiger partial charge in [-0.1, -0.05) is 6.92 Å². The van der Waals surface area contributed by atoms with Crippen LogP contribution in [-0.4, -0.2) is 6.04 Å². The van der Waals surface area contributed by atoms with Crippen molar-refractivity contribution in [3.8, 4) is 0 Å². The second-order valence-electron chi connectivity index (χ2n) is 3.96. The number of rotatable bonds is 2. The molecule has 1 aromatic carbocycles. The molecule has 1 aliphatic rings. The quantitative estimate of drug-likeness (QED) is 0.767. The van der Waals surface area contributed by atoms with Gasteiger partial charge in [0.25, 0.3) is 0 Å². The molecule has 1 nitrogen and oxygen atoms in total. The van der Waals surface area contributed by atoms with Gasteiger partial charge in [-0.25, -0.2) is 8.78 Å². The van der Waals surface area contributed by atoms with Gasteiger partial charge >= 0.3 is 0 Å². The summed E-state index contributed by atoms with van der Waals surface area (Å²) >= 11 is 0. The Labute approximate surface area is 82.1 Å². The van der Waals surface area contributed by atoms with E-state index in [0.29, 0.717) is 17.6 Å². The number of anilines is 1. The third-order valence-electron chi connectivity index (χ3n) is 2.83. The lowest BCUT2D eigenvalue weighted by molar-refractivity contribution is 0.303. The molecule has 14 heavy (non-hydrogen) atoms. The van der Waals surface area contributed by atoms with Crippen LogP contribution >= 0.6 is 0 Å². The van der Waals surface area contributed by atoms with Crippen LogP contribution < -0.4 is 5.32 Å². The van der Waals surface area contributed by atoms with Gasteiger partial charge in [0.1, 0.15) is 11.6 Å². The Bertz CT molecular complexity index is 318. The summed E-state index contributed by atoms with van der Waals surface area (Å²) in [7, 11) is 0. The van der Waals surface area contributed by atoms with E-state index in [1.165, 1.54) is 18.6 Å². The molecule has 0 amide bonds. The van der Waals surface area contributed by atoms with Crippen molar-refractivity contribution in [2.75, 3.05) is 5.32 Å². The summed E-state index contributed by atoms with van der Waals surface area (Å²) in [6, 6.07) is 3.91. The second kappa shape index (κ2) is 3.56. The first-order chi connectivity index (χ1) is 6.65. The molecule has 2 unspecified atom stereocenters. The SMILES string of the molecule is CC1CCC1Nc1cc(F)cc(F)c1. The average molecular weight is 197 g/mol. The van der Waals surface area contributed by atoms with Gasteiger partial charge in [0.05, 0.1) is 0 Å². The van der Waals surface area contributed by atoms with Gasteiger partial charge in [-0.15, -0.1) is 0 Å². The second-order valence-corrected chi connectivity index (χ2v) is 3.96.